The summed E-state index contributed by atoms with van der Waals surface area (Å²) in [6, 6.07) is 2.26. The van der Waals surface area contributed by atoms with Gasteiger partial charge in [0.2, 0.25) is 0 Å². The van der Waals surface area contributed by atoms with E-state index in [9.17, 15) is 8.78 Å². The Bertz CT molecular complexity index is 513. The van der Waals surface area contributed by atoms with Gasteiger partial charge >= 0.3 is 0 Å². The molecule has 0 aromatic heterocycles. The number of nitrogens with two attached hydrogens (primary N) is 1. The molecule has 0 unspecified atom stereocenters. The Kier molecular flexibility index (Phi) is 6.14. The number of nitrogens with zero attached hydrogens (tertiary/aromatic N) is 1. The van der Waals surface area contributed by atoms with E-state index >= 15 is 0 Å². The molecule has 1 aliphatic heterocycles. The molecule has 120 valence electrons. The van der Waals surface area contributed by atoms with Crippen LogP contribution in [0, 0.1) is 17.6 Å². The number of ether oxygens (including phenoxy) is 1. The molecule has 22 heavy (non-hydrogen) atoms. The first-order chi connectivity index (χ1) is 10.5. The van der Waals surface area contributed by atoms with Crippen LogP contribution in [0.25, 0.3) is 0 Å². The quantitative estimate of drug-likeness (QED) is 0.493. The molecule has 2 rings (SSSR count). The molecule has 0 saturated carbocycles. The monoisotopic (exact) mass is 326 g/mol. The van der Waals surface area contributed by atoms with Gasteiger partial charge in [-0.3, -0.25) is 0 Å². The number of rotatable bonds is 6. The van der Waals surface area contributed by atoms with E-state index < -0.39 is 11.6 Å². The second-order valence-corrected chi connectivity index (χ2v) is 6.30. The third-order valence-electron chi connectivity index (χ3n) is 4.13. The van der Waals surface area contributed by atoms with E-state index in [0.29, 0.717) is 6.61 Å². The predicted octanol–water partition coefficient (Wildman–Crippen LogP) is 2.02. The summed E-state index contributed by atoms with van der Waals surface area (Å²) >= 11 is 4.62. The SMILES string of the molecule is BN1CCC(CCCOc2cc(F)c(C(N)=S)c(F)c2)CC1. The second kappa shape index (κ2) is 7.88. The molecule has 7 heteroatoms. The molecule has 2 N–H and O–H groups in total. The van der Waals surface area contributed by atoms with Crippen molar-refractivity contribution in [3.05, 3.63) is 29.3 Å². The van der Waals surface area contributed by atoms with Crippen molar-refractivity contribution in [2.75, 3.05) is 19.7 Å². The third-order valence-corrected chi connectivity index (χ3v) is 4.33. The normalized spacial score (nSPS) is 16.6. The number of piperidine rings is 1. The fourth-order valence-electron chi connectivity index (χ4n) is 2.78. The summed E-state index contributed by atoms with van der Waals surface area (Å²) in [5.41, 5.74) is 4.93. The Labute approximate surface area is 136 Å². The molecule has 0 aliphatic carbocycles. The standard InChI is InChI=1S/C15H21BF2N2OS/c16-20-5-3-10(4-6-20)2-1-7-21-11-8-12(17)14(15(19)22)13(18)9-11/h8-10H,1-7,16H2,(H2,19,22). The second-order valence-electron chi connectivity index (χ2n) is 5.86. The molecule has 1 aromatic rings. The summed E-state index contributed by atoms with van der Waals surface area (Å²) in [5.74, 6) is -0.653. The average molecular weight is 326 g/mol. The first kappa shape index (κ1) is 17.2. The lowest BCUT2D eigenvalue weighted by molar-refractivity contribution is 0.241. The van der Waals surface area contributed by atoms with E-state index in [0.717, 1.165) is 44.0 Å². The van der Waals surface area contributed by atoms with E-state index in [1.165, 1.54) is 12.8 Å². The van der Waals surface area contributed by atoms with Crippen LogP contribution in [0.1, 0.15) is 31.2 Å². The van der Waals surface area contributed by atoms with E-state index in [4.69, 9.17) is 10.5 Å². The molecule has 1 heterocycles. The molecule has 0 spiro atoms. The van der Waals surface area contributed by atoms with Crippen molar-refractivity contribution in [2.45, 2.75) is 25.7 Å². The predicted molar refractivity (Wildman–Crippen MR) is 89.8 cm³/mol. The number of thiocarbonyl (C=S) groups is 1. The van der Waals surface area contributed by atoms with Gasteiger partial charge in [-0.2, -0.15) is 0 Å². The molecule has 0 bridgehead atoms. The molecular weight excluding hydrogens is 305 g/mol. The van der Waals surface area contributed by atoms with Gasteiger partial charge in [-0.25, -0.2) is 8.78 Å². The Morgan fingerprint density at radius 1 is 1.32 bits per heavy atom. The Balaban J connectivity index is 1.79. The van der Waals surface area contributed by atoms with E-state index in [-0.39, 0.29) is 16.3 Å². The molecule has 1 fully saturated rings. The van der Waals surface area contributed by atoms with Crippen molar-refractivity contribution in [3.63, 3.8) is 0 Å². The largest absolute Gasteiger partial charge is 0.493 e. The maximum Gasteiger partial charge on any atom is 0.185 e. The number of hydrogen-bond donors (Lipinski definition) is 1. The van der Waals surface area contributed by atoms with Gasteiger partial charge in [-0.15, -0.1) is 0 Å². The van der Waals surface area contributed by atoms with Crippen molar-refractivity contribution in [1.29, 1.82) is 0 Å². The highest BCUT2D eigenvalue weighted by Crippen LogP contribution is 2.23. The summed E-state index contributed by atoms with van der Waals surface area (Å²) in [7, 11) is 2.14. The lowest BCUT2D eigenvalue weighted by Crippen LogP contribution is -2.31. The molecule has 1 aliphatic rings. The van der Waals surface area contributed by atoms with Gasteiger partial charge in [0.15, 0.2) is 7.98 Å². The lowest BCUT2D eigenvalue weighted by atomic mass is 9.91. The molecule has 0 radical (unpaired) electrons. The van der Waals surface area contributed by atoms with Crippen molar-refractivity contribution >= 4 is 25.2 Å². The van der Waals surface area contributed by atoms with Crippen LogP contribution in [0.4, 0.5) is 8.78 Å². The van der Waals surface area contributed by atoms with Gasteiger partial charge in [0.1, 0.15) is 22.4 Å². The van der Waals surface area contributed by atoms with Gasteiger partial charge in [0.05, 0.1) is 12.2 Å². The smallest absolute Gasteiger partial charge is 0.185 e. The first-order valence-electron chi connectivity index (χ1n) is 7.57. The van der Waals surface area contributed by atoms with E-state index in [2.05, 4.69) is 25.0 Å². The van der Waals surface area contributed by atoms with Crippen LogP contribution < -0.4 is 10.5 Å². The van der Waals surface area contributed by atoms with Crippen LogP contribution in [0.15, 0.2) is 12.1 Å². The van der Waals surface area contributed by atoms with Crippen LogP contribution in [-0.4, -0.2) is 37.5 Å². The van der Waals surface area contributed by atoms with Gasteiger partial charge < -0.3 is 15.3 Å². The summed E-state index contributed by atoms with van der Waals surface area (Å²) in [5, 5.41) is 0. The zero-order valence-corrected chi connectivity index (χ0v) is 13.6. The summed E-state index contributed by atoms with van der Waals surface area (Å²) in [6.07, 6.45) is 4.39. The van der Waals surface area contributed by atoms with E-state index in [1.807, 2.05) is 0 Å². The summed E-state index contributed by atoms with van der Waals surface area (Å²) in [6.45, 7) is 2.74. The number of benzene rings is 1. The highest BCUT2D eigenvalue weighted by Gasteiger charge is 2.16. The number of hydrogen-bond acceptors (Lipinski definition) is 3. The minimum absolute atomic E-state index is 0.179. The van der Waals surface area contributed by atoms with Crippen molar-refractivity contribution in [1.82, 2.24) is 4.81 Å². The number of halogens is 2. The van der Waals surface area contributed by atoms with Gasteiger partial charge in [-0.05, 0) is 44.7 Å². The van der Waals surface area contributed by atoms with Gasteiger partial charge in [0.25, 0.3) is 0 Å². The Hall–Kier alpha value is -1.21. The van der Waals surface area contributed by atoms with Crippen molar-refractivity contribution < 1.29 is 13.5 Å². The van der Waals surface area contributed by atoms with Crippen molar-refractivity contribution in [3.8, 4) is 5.75 Å². The van der Waals surface area contributed by atoms with Crippen LogP contribution >= 0.6 is 12.2 Å². The van der Waals surface area contributed by atoms with Gasteiger partial charge in [0, 0.05) is 12.1 Å². The minimum Gasteiger partial charge on any atom is -0.493 e. The van der Waals surface area contributed by atoms with Crippen LogP contribution in [0.3, 0.4) is 0 Å². The zero-order chi connectivity index (χ0) is 16.1. The lowest BCUT2D eigenvalue weighted by Gasteiger charge is -2.29. The fraction of sp³-hybridized carbons (Fsp3) is 0.533. The molecule has 1 aromatic carbocycles. The molecule has 0 amide bonds. The maximum atomic E-state index is 13.7. The van der Waals surface area contributed by atoms with Crippen LogP contribution in [0.2, 0.25) is 0 Å². The van der Waals surface area contributed by atoms with Crippen LogP contribution in [0.5, 0.6) is 5.75 Å². The topological polar surface area (TPSA) is 38.5 Å². The fourth-order valence-corrected chi connectivity index (χ4v) is 2.98. The minimum atomic E-state index is -0.780. The van der Waals surface area contributed by atoms with Crippen molar-refractivity contribution in [2.24, 2.45) is 11.7 Å². The summed E-state index contributed by atoms with van der Waals surface area (Å²) in [4.78, 5) is 2.05. The van der Waals surface area contributed by atoms with Crippen LogP contribution in [-0.2, 0) is 0 Å². The maximum absolute atomic E-state index is 13.7. The highest BCUT2D eigenvalue weighted by molar-refractivity contribution is 7.80. The van der Waals surface area contributed by atoms with E-state index in [1.54, 1.807) is 0 Å². The first-order valence-corrected chi connectivity index (χ1v) is 7.98. The molecule has 0 atom stereocenters. The Morgan fingerprint density at radius 2 is 1.91 bits per heavy atom. The zero-order valence-electron chi connectivity index (χ0n) is 12.8. The summed E-state index contributed by atoms with van der Waals surface area (Å²) < 4.78 is 32.9. The third kappa shape index (κ3) is 4.65. The molecule has 1 saturated heterocycles. The highest BCUT2D eigenvalue weighted by atomic mass is 32.1. The average Bonchev–Trinajstić information content (AvgIpc) is 2.44. The molecular formula is C15H21BF2N2OS. The molecule has 3 nitrogen and oxygen atoms in total. The Morgan fingerprint density at radius 3 is 2.45 bits per heavy atom. The van der Waals surface area contributed by atoms with Gasteiger partial charge in [-0.1, -0.05) is 12.2 Å².